The smallest absolute Gasteiger partial charge is 0.103 e. The number of aromatic nitrogens is 1. The molecule has 1 rings (SSSR count). The van der Waals surface area contributed by atoms with Gasteiger partial charge < -0.3 is 16.0 Å². The summed E-state index contributed by atoms with van der Waals surface area (Å²) in [5.41, 5.74) is 5.79. The Morgan fingerprint density at radius 1 is 1.54 bits per heavy atom. The molecule has 1 aromatic rings. The third-order valence-electron chi connectivity index (χ3n) is 2.18. The van der Waals surface area contributed by atoms with E-state index in [0.717, 1.165) is 25.3 Å². The molecule has 0 amide bonds. The molecule has 0 saturated heterocycles. The highest BCUT2D eigenvalue weighted by molar-refractivity contribution is 5.34. The van der Waals surface area contributed by atoms with E-state index in [-0.39, 0.29) is 5.41 Å². The largest absolute Gasteiger partial charge is 0.371 e. The Bertz CT molecular complexity index is 226. The first kappa shape index (κ1) is 10.1. The lowest BCUT2D eigenvalue weighted by Crippen LogP contribution is -2.26. The zero-order valence-corrected chi connectivity index (χ0v) is 8.43. The minimum atomic E-state index is 0.264. The monoisotopic (exact) mass is 181 g/mol. The van der Waals surface area contributed by atoms with E-state index in [1.165, 1.54) is 0 Å². The van der Waals surface area contributed by atoms with Crippen molar-refractivity contribution in [2.24, 2.45) is 11.1 Å². The van der Waals surface area contributed by atoms with Crippen molar-refractivity contribution in [2.45, 2.75) is 20.3 Å². The number of hydrogen-bond acceptors (Lipinski definition) is 2. The molecule has 4 N–H and O–H groups in total. The van der Waals surface area contributed by atoms with Gasteiger partial charge in [0.15, 0.2) is 0 Å². The highest BCUT2D eigenvalue weighted by Crippen LogP contribution is 2.19. The Hall–Kier alpha value is -0.960. The lowest BCUT2D eigenvalue weighted by Gasteiger charge is -2.24. The summed E-state index contributed by atoms with van der Waals surface area (Å²) in [4.78, 5) is 3.11. The molecule has 0 aliphatic carbocycles. The Morgan fingerprint density at radius 3 is 2.85 bits per heavy atom. The second-order valence-corrected chi connectivity index (χ2v) is 4.14. The summed E-state index contributed by atoms with van der Waals surface area (Å²) in [5.74, 6) is 1.07. The zero-order chi connectivity index (χ0) is 9.73. The van der Waals surface area contributed by atoms with Gasteiger partial charge in [-0.3, -0.25) is 0 Å². The summed E-state index contributed by atoms with van der Waals surface area (Å²) in [7, 11) is 0. The van der Waals surface area contributed by atoms with Gasteiger partial charge in [-0.15, -0.1) is 0 Å². The summed E-state index contributed by atoms with van der Waals surface area (Å²) < 4.78 is 0. The first-order chi connectivity index (χ1) is 6.14. The summed E-state index contributed by atoms with van der Waals surface area (Å²) in [5, 5.41) is 3.34. The van der Waals surface area contributed by atoms with E-state index in [4.69, 9.17) is 5.73 Å². The second kappa shape index (κ2) is 4.33. The van der Waals surface area contributed by atoms with Gasteiger partial charge in [0.05, 0.1) is 0 Å². The van der Waals surface area contributed by atoms with Gasteiger partial charge in [0.1, 0.15) is 5.82 Å². The van der Waals surface area contributed by atoms with Crippen molar-refractivity contribution in [3.63, 3.8) is 0 Å². The van der Waals surface area contributed by atoms with E-state index in [1.54, 1.807) is 0 Å². The predicted octanol–water partition coefficient (Wildman–Crippen LogP) is 1.80. The zero-order valence-electron chi connectivity index (χ0n) is 8.43. The molecule has 0 saturated carbocycles. The van der Waals surface area contributed by atoms with Crippen LogP contribution in [0.5, 0.6) is 0 Å². The number of anilines is 1. The maximum absolute atomic E-state index is 5.53. The van der Waals surface area contributed by atoms with Crippen molar-refractivity contribution in [1.29, 1.82) is 0 Å². The van der Waals surface area contributed by atoms with E-state index in [1.807, 2.05) is 18.3 Å². The predicted molar refractivity (Wildman–Crippen MR) is 56.7 cm³/mol. The molecule has 0 aromatic carbocycles. The van der Waals surface area contributed by atoms with Crippen LogP contribution in [0.4, 0.5) is 5.82 Å². The molecule has 3 nitrogen and oxygen atoms in total. The molecular weight excluding hydrogens is 162 g/mol. The quantitative estimate of drug-likeness (QED) is 0.648. The molecule has 0 aliphatic heterocycles. The standard InChI is InChI=1S/C10H19N3/c1-10(2,5-6-11)8-13-9-4-3-7-12-9/h3-4,7,12-13H,5-6,8,11H2,1-2H3. The molecule has 3 heteroatoms. The number of nitrogens with one attached hydrogen (secondary N) is 2. The molecule has 0 atom stereocenters. The average molecular weight is 181 g/mol. The topological polar surface area (TPSA) is 53.8 Å². The van der Waals surface area contributed by atoms with Gasteiger partial charge in [0.25, 0.3) is 0 Å². The molecule has 0 unspecified atom stereocenters. The second-order valence-electron chi connectivity index (χ2n) is 4.14. The average Bonchev–Trinajstić information content (AvgIpc) is 2.52. The van der Waals surface area contributed by atoms with Crippen LogP contribution < -0.4 is 11.1 Å². The first-order valence-corrected chi connectivity index (χ1v) is 4.71. The van der Waals surface area contributed by atoms with Crippen LogP contribution in [0.2, 0.25) is 0 Å². The summed E-state index contributed by atoms with van der Waals surface area (Å²) >= 11 is 0. The lowest BCUT2D eigenvalue weighted by atomic mass is 9.89. The van der Waals surface area contributed by atoms with E-state index >= 15 is 0 Å². The van der Waals surface area contributed by atoms with Crippen LogP contribution in [0.1, 0.15) is 20.3 Å². The molecule has 13 heavy (non-hydrogen) atoms. The molecule has 0 spiro atoms. The first-order valence-electron chi connectivity index (χ1n) is 4.71. The summed E-state index contributed by atoms with van der Waals surface area (Å²) in [6, 6.07) is 4.01. The van der Waals surface area contributed by atoms with Crippen molar-refractivity contribution in [3.05, 3.63) is 18.3 Å². The molecule has 1 aromatic heterocycles. The van der Waals surface area contributed by atoms with Crippen LogP contribution in [0, 0.1) is 5.41 Å². The van der Waals surface area contributed by atoms with Gasteiger partial charge >= 0.3 is 0 Å². The number of H-pyrrole nitrogens is 1. The fourth-order valence-corrected chi connectivity index (χ4v) is 1.25. The van der Waals surface area contributed by atoms with Crippen LogP contribution in [-0.2, 0) is 0 Å². The molecule has 0 aliphatic rings. The van der Waals surface area contributed by atoms with Crippen molar-refractivity contribution in [1.82, 2.24) is 4.98 Å². The fourth-order valence-electron chi connectivity index (χ4n) is 1.25. The maximum Gasteiger partial charge on any atom is 0.103 e. The molecule has 0 fully saturated rings. The highest BCUT2D eigenvalue weighted by Gasteiger charge is 2.15. The van der Waals surface area contributed by atoms with Gasteiger partial charge in [0, 0.05) is 12.7 Å². The minimum absolute atomic E-state index is 0.264. The van der Waals surface area contributed by atoms with Gasteiger partial charge in [-0.05, 0) is 30.5 Å². The molecule has 0 bridgehead atoms. The van der Waals surface area contributed by atoms with Crippen LogP contribution in [0.3, 0.4) is 0 Å². The number of rotatable bonds is 5. The molecule has 74 valence electrons. The number of nitrogens with two attached hydrogens (primary N) is 1. The third-order valence-corrected chi connectivity index (χ3v) is 2.18. The Kier molecular flexibility index (Phi) is 3.37. The van der Waals surface area contributed by atoms with Crippen LogP contribution in [0.25, 0.3) is 0 Å². The Morgan fingerprint density at radius 2 is 2.31 bits per heavy atom. The van der Waals surface area contributed by atoms with Crippen LogP contribution in [-0.4, -0.2) is 18.1 Å². The normalized spacial score (nSPS) is 11.6. The minimum Gasteiger partial charge on any atom is -0.371 e. The van der Waals surface area contributed by atoms with Crippen molar-refractivity contribution >= 4 is 5.82 Å². The number of aromatic amines is 1. The van der Waals surface area contributed by atoms with E-state index in [9.17, 15) is 0 Å². The van der Waals surface area contributed by atoms with E-state index in [0.29, 0.717) is 0 Å². The Balaban J connectivity index is 2.33. The van der Waals surface area contributed by atoms with Crippen molar-refractivity contribution < 1.29 is 0 Å². The summed E-state index contributed by atoms with van der Waals surface area (Å²) in [6.45, 7) is 6.13. The van der Waals surface area contributed by atoms with Gasteiger partial charge in [-0.2, -0.15) is 0 Å². The van der Waals surface area contributed by atoms with Gasteiger partial charge in [0.2, 0.25) is 0 Å². The van der Waals surface area contributed by atoms with Crippen molar-refractivity contribution in [2.75, 3.05) is 18.4 Å². The molecule has 1 heterocycles. The van der Waals surface area contributed by atoms with E-state index < -0.39 is 0 Å². The molecule has 0 radical (unpaired) electrons. The number of hydrogen-bond donors (Lipinski definition) is 3. The van der Waals surface area contributed by atoms with Gasteiger partial charge in [-0.1, -0.05) is 13.8 Å². The third kappa shape index (κ3) is 3.51. The van der Waals surface area contributed by atoms with Crippen LogP contribution >= 0.6 is 0 Å². The lowest BCUT2D eigenvalue weighted by molar-refractivity contribution is 0.365. The van der Waals surface area contributed by atoms with Crippen LogP contribution in [0.15, 0.2) is 18.3 Å². The van der Waals surface area contributed by atoms with Gasteiger partial charge in [-0.25, -0.2) is 0 Å². The highest BCUT2D eigenvalue weighted by atomic mass is 15.0. The van der Waals surface area contributed by atoms with Crippen molar-refractivity contribution in [3.8, 4) is 0 Å². The summed E-state index contributed by atoms with van der Waals surface area (Å²) in [6.07, 6.45) is 2.96. The molecular formula is C10H19N3. The SMILES string of the molecule is CC(C)(CCN)CNc1ccc[nH]1. The fraction of sp³-hybridized carbons (Fsp3) is 0.600. The maximum atomic E-state index is 5.53. The van der Waals surface area contributed by atoms with E-state index in [2.05, 4.69) is 24.1 Å². The Labute approximate surface area is 79.7 Å².